The van der Waals surface area contributed by atoms with Gasteiger partial charge in [0, 0.05) is 17.8 Å². The summed E-state index contributed by atoms with van der Waals surface area (Å²) in [6.45, 7) is 2.06. The van der Waals surface area contributed by atoms with Crippen molar-refractivity contribution in [3.63, 3.8) is 0 Å². The summed E-state index contributed by atoms with van der Waals surface area (Å²) in [5.41, 5.74) is 8.21. The van der Waals surface area contributed by atoms with Crippen LogP contribution >= 0.6 is 11.6 Å². The minimum atomic E-state index is -1.18. The number of hydrogen-bond acceptors (Lipinski definition) is 5. The van der Waals surface area contributed by atoms with Gasteiger partial charge < -0.3 is 26.0 Å². The zero-order chi connectivity index (χ0) is 19.1. The third kappa shape index (κ3) is 5.36. The number of aliphatic hydroxyl groups excluding tert-OH is 2. The number of aliphatic hydroxyl groups is 2. The molecule has 1 amide bonds. The summed E-state index contributed by atoms with van der Waals surface area (Å²) >= 11 is 6.18. The molecule has 0 spiro atoms. The van der Waals surface area contributed by atoms with Gasteiger partial charge in [0.05, 0.1) is 11.1 Å². The fraction of sp³-hybridized carbons (Fsp3) is 0.316. The number of carbonyl (C=O) groups excluding carboxylic acids is 1. The molecule has 0 saturated carbocycles. The summed E-state index contributed by atoms with van der Waals surface area (Å²) in [6.07, 6.45) is -2.72. The highest BCUT2D eigenvalue weighted by Crippen LogP contribution is 2.31. The number of anilines is 1. The van der Waals surface area contributed by atoms with Gasteiger partial charge in [-0.15, -0.1) is 0 Å². The van der Waals surface area contributed by atoms with Crippen LogP contribution in [0.15, 0.2) is 42.5 Å². The average molecular weight is 379 g/mol. The SMILES string of the molecule is Cc1c(N)ccc(C(O)C(O)CCNC(=O)OCc2ccccc2)c1Cl. The van der Waals surface area contributed by atoms with E-state index in [2.05, 4.69) is 5.32 Å². The first-order valence-electron chi connectivity index (χ1n) is 8.25. The third-order valence-corrected chi connectivity index (χ3v) is 4.57. The maximum atomic E-state index is 11.7. The molecule has 140 valence electrons. The lowest BCUT2D eigenvalue weighted by Crippen LogP contribution is -2.30. The molecule has 0 aliphatic heterocycles. The second-order valence-corrected chi connectivity index (χ2v) is 6.35. The standard InChI is InChI=1S/C19H23ClN2O4/c1-12-15(21)8-7-14(17(12)20)18(24)16(23)9-10-22-19(25)26-11-13-5-3-2-4-6-13/h2-8,16,18,23-24H,9-11,21H2,1H3,(H,22,25). The van der Waals surface area contributed by atoms with Gasteiger partial charge in [0.25, 0.3) is 0 Å². The monoisotopic (exact) mass is 378 g/mol. The number of benzene rings is 2. The predicted molar refractivity (Wildman–Crippen MR) is 101 cm³/mol. The minimum Gasteiger partial charge on any atom is -0.445 e. The Morgan fingerprint density at radius 2 is 1.92 bits per heavy atom. The molecule has 6 nitrogen and oxygen atoms in total. The fourth-order valence-corrected chi connectivity index (χ4v) is 2.69. The predicted octanol–water partition coefficient (Wildman–Crippen LogP) is 2.94. The van der Waals surface area contributed by atoms with Crippen LogP contribution in [-0.2, 0) is 11.3 Å². The van der Waals surface area contributed by atoms with Crippen molar-refractivity contribution in [3.8, 4) is 0 Å². The third-order valence-electron chi connectivity index (χ3n) is 4.06. The number of nitrogens with two attached hydrogens (primary N) is 1. The largest absolute Gasteiger partial charge is 0.445 e. The Bertz CT molecular complexity index is 740. The van der Waals surface area contributed by atoms with Crippen LogP contribution in [0.3, 0.4) is 0 Å². The molecule has 2 aromatic rings. The number of alkyl carbamates (subject to hydrolysis) is 1. The van der Waals surface area contributed by atoms with Crippen molar-refractivity contribution in [2.24, 2.45) is 0 Å². The molecule has 0 radical (unpaired) electrons. The molecule has 0 fully saturated rings. The maximum Gasteiger partial charge on any atom is 0.407 e. The van der Waals surface area contributed by atoms with E-state index in [9.17, 15) is 15.0 Å². The molecule has 2 aromatic carbocycles. The number of amides is 1. The number of hydrogen-bond donors (Lipinski definition) is 4. The first-order valence-corrected chi connectivity index (χ1v) is 8.63. The van der Waals surface area contributed by atoms with E-state index < -0.39 is 18.3 Å². The van der Waals surface area contributed by atoms with E-state index in [4.69, 9.17) is 22.1 Å². The molecule has 26 heavy (non-hydrogen) atoms. The lowest BCUT2D eigenvalue weighted by atomic mass is 9.99. The summed E-state index contributed by atoms with van der Waals surface area (Å²) in [6, 6.07) is 12.5. The van der Waals surface area contributed by atoms with Crippen molar-refractivity contribution < 1.29 is 19.7 Å². The highest BCUT2D eigenvalue weighted by molar-refractivity contribution is 6.32. The van der Waals surface area contributed by atoms with E-state index in [1.165, 1.54) is 0 Å². The molecule has 5 N–H and O–H groups in total. The molecule has 2 unspecified atom stereocenters. The number of rotatable bonds is 7. The van der Waals surface area contributed by atoms with Crippen molar-refractivity contribution in [2.45, 2.75) is 32.2 Å². The van der Waals surface area contributed by atoms with Crippen molar-refractivity contribution in [1.82, 2.24) is 5.32 Å². The van der Waals surface area contributed by atoms with Crippen LogP contribution in [-0.4, -0.2) is 29.0 Å². The molecular formula is C19H23ClN2O4. The molecule has 2 rings (SSSR count). The second kappa shape index (κ2) is 9.43. The molecule has 2 atom stereocenters. The molecule has 0 aliphatic carbocycles. The number of ether oxygens (including phenoxy) is 1. The van der Waals surface area contributed by atoms with E-state index >= 15 is 0 Å². The molecular weight excluding hydrogens is 356 g/mol. The van der Waals surface area contributed by atoms with E-state index in [-0.39, 0.29) is 19.6 Å². The minimum absolute atomic E-state index is 0.140. The first-order chi connectivity index (χ1) is 12.4. The average Bonchev–Trinajstić information content (AvgIpc) is 2.65. The van der Waals surface area contributed by atoms with Crippen LogP contribution in [0.1, 0.15) is 29.2 Å². The summed E-state index contributed by atoms with van der Waals surface area (Å²) in [4.78, 5) is 11.7. The Morgan fingerprint density at radius 1 is 1.23 bits per heavy atom. The number of nitrogen functional groups attached to an aromatic ring is 1. The molecule has 0 heterocycles. The van der Waals surface area contributed by atoms with E-state index in [1.807, 2.05) is 30.3 Å². The van der Waals surface area contributed by atoms with Gasteiger partial charge in [-0.2, -0.15) is 0 Å². The van der Waals surface area contributed by atoms with Gasteiger partial charge in [-0.3, -0.25) is 0 Å². The van der Waals surface area contributed by atoms with Crippen molar-refractivity contribution in [1.29, 1.82) is 0 Å². The Morgan fingerprint density at radius 3 is 2.62 bits per heavy atom. The molecule has 0 saturated heterocycles. The maximum absolute atomic E-state index is 11.7. The smallest absolute Gasteiger partial charge is 0.407 e. The van der Waals surface area contributed by atoms with Crippen LogP contribution in [0.25, 0.3) is 0 Å². The van der Waals surface area contributed by atoms with E-state index in [0.29, 0.717) is 21.8 Å². The van der Waals surface area contributed by atoms with Gasteiger partial charge in [-0.1, -0.05) is 48.0 Å². The molecule has 0 aliphatic rings. The van der Waals surface area contributed by atoms with Crippen LogP contribution in [0.5, 0.6) is 0 Å². The normalized spacial score (nSPS) is 13.1. The highest BCUT2D eigenvalue weighted by Gasteiger charge is 2.22. The quantitative estimate of drug-likeness (QED) is 0.554. The number of nitrogens with one attached hydrogen (secondary N) is 1. The Labute approximate surface area is 157 Å². The summed E-state index contributed by atoms with van der Waals surface area (Å²) in [5, 5.41) is 23.3. The van der Waals surface area contributed by atoms with Crippen LogP contribution < -0.4 is 11.1 Å². The molecule has 0 aromatic heterocycles. The van der Waals surface area contributed by atoms with Gasteiger partial charge in [0.1, 0.15) is 12.7 Å². The Hall–Kier alpha value is -2.28. The van der Waals surface area contributed by atoms with Crippen molar-refractivity contribution in [2.75, 3.05) is 12.3 Å². The lowest BCUT2D eigenvalue weighted by molar-refractivity contribution is 0.0137. The van der Waals surface area contributed by atoms with E-state index in [0.717, 1.165) is 5.56 Å². The van der Waals surface area contributed by atoms with Crippen molar-refractivity contribution in [3.05, 3.63) is 64.2 Å². The van der Waals surface area contributed by atoms with Gasteiger partial charge in [0.2, 0.25) is 0 Å². The second-order valence-electron chi connectivity index (χ2n) is 5.97. The number of carbonyl (C=O) groups is 1. The zero-order valence-corrected chi connectivity index (χ0v) is 15.2. The van der Waals surface area contributed by atoms with Gasteiger partial charge in [-0.05, 0) is 30.5 Å². The highest BCUT2D eigenvalue weighted by atomic mass is 35.5. The fourth-order valence-electron chi connectivity index (χ4n) is 2.41. The Kier molecular flexibility index (Phi) is 7.26. The van der Waals surface area contributed by atoms with Crippen LogP contribution in [0.2, 0.25) is 5.02 Å². The van der Waals surface area contributed by atoms with Gasteiger partial charge in [-0.25, -0.2) is 4.79 Å². The first kappa shape index (κ1) is 20.0. The van der Waals surface area contributed by atoms with Crippen LogP contribution in [0, 0.1) is 6.92 Å². The zero-order valence-electron chi connectivity index (χ0n) is 14.5. The summed E-state index contributed by atoms with van der Waals surface area (Å²) in [7, 11) is 0. The van der Waals surface area contributed by atoms with Crippen LogP contribution in [0.4, 0.5) is 10.5 Å². The summed E-state index contributed by atoms with van der Waals surface area (Å²) < 4.78 is 5.07. The van der Waals surface area contributed by atoms with E-state index in [1.54, 1.807) is 19.1 Å². The van der Waals surface area contributed by atoms with Gasteiger partial charge in [0.15, 0.2) is 0 Å². The van der Waals surface area contributed by atoms with Crippen molar-refractivity contribution >= 4 is 23.4 Å². The number of halogens is 1. The summed E-state index contributed by atoms with van der Waals surface area (Å²) in [5.74, 6) is 0. The topological polar surface area (TPSA) is 105 Å². The molecule has 0 bridgehead atoms. The Balaban J connectivity index is 1.78. The molecule has 7 heteroatoms. The lowest BCUT2D eigenvalue weighted by Gasteiger charge is -2.20. The van der Waals surface area contributed by atoms with Gasteiger partial charge >= 0.3 is 6.09 Å².